The number of nitrogens with two attached hydrogens (primary N) is 1. The molecule has 3 nitrogen and oxygen atoms in total. The lowest BCUT2D eigenvalue weighted by molar-refractivity contribution is 0.659. The van der Waals surface area contributed by atoms with E-state index in [1.54, 1.807) is 0 Å². The van der Waals surface area contributed by atoms with E-state index in [2.05, 4.69) is 4.98 Å². The molecule has 0 radical (unpaired) electrons. The SMILES string of the molecule is Cn1c(C2CCCC2)cnc1N. The number of aromatic nitrogens is 2. The molecule has 1 saturated carbocycles. The van der Waals surface area contributed by atoms with E-state index < -0.39 is 0 Å². The first-order valence-electron chi connectivity index (χ1n) is 4.56. The molecule has 0 aliphatic heterocycles. The summed E-state index contributed by atoms with van der Waals surface area (Å²) in [6, 6.07) is 0. The Kier molecular flexibility index (Phi) is 1.79. The van der Waals surface area contributed by atoms with Crippen LogP contribution in [-0.4, -0.2) is 9.55 Å². The fourth-order valence-corrected chi connectivity index (χ4v) is 2.04. The quantitative estimate of drug-likeness (QED) is 0.687. The van der Waals surface area contributed by atoms with Crippen molar-refractivity contribution in [3.05, 3.63) is 11.9 Å². The molecule has 0 spiro atoms. The highest BCUT2D eigenvalue weighted by Gasteiger charge is 2.20. The van der Waals surface area contributed by atoms with Crippen LogP contribution in [0, 0.1) is 0 Å². The van der Waals surface area contributed by atoms with Gasteiger partial charge in [0, 0.05) is 18.7 Å². The maximum absolute atomic E-state index is 5.66. The van der Waals surface area contributed by atoms with Crippen LogP contribution < -0.4 is 5.73 Å². The Morgan fingerprint density at radius 1 is 1.50 bits per heavy atom. The Balaban J connectivity index is 2.26. The first-order valence-corrected chi connectivity index (χ1v) is 4.56. The molecule has 0 atom stereocenters. The van der Waals surface area contributed by atoms with Crippen LogP contribution in [0.5, 0.6) is 0 Å². The first kappa shape index (κ1) is 7.65. The second kappa shape index (κ2) is 2.81. The minimum atomic E-state index is 0.636. The second-order valence-corrected chi connectivity index (χ2v) is 3.58. The van der Waals surface area contributed by atoms with E-state index in [1.807, 2.05) is 17.8 Å². The average molecular weight is 165 g/mol. The summed E-state index contributed by atoms with van der Waals surface area (Å²) in [4.78, 5) is 4.10. The number of imidazole rings is 1. The van der Waals surface area contributed by atoms with Crippen molar-refractivity contribution in [2.75, 3.05) is 5.73 Å². The number of hydrogen-bond donors (Lipinski definition) is 1. The van der Waals surface area contributed by atoms with Gasteiger partial charge in [-0.05, 0) is 12.8 Å². The Labute approximate surface area is 72.6 Å². The topological polar surface area (TPSA) is 43.8 Å². The monoisotopic (exact) mass is 165 g/mol. The fraction of sp³-hybridized carbons (Fsp3) is 0.667. The molecule has 66 valence electrons. The zero-order valence-electron chi connectivity index (χ0n) is 7.45. The summed E-state index contributed by atoms with van der Waals surface area (Å²) in [5, 5.41) is 0. The summed E-state index contributed by atoms with van der Waals surface area (Å²) in [7, 11) is 2.00. The second-order valence-electron chi connectivity index (χ2n) is 3.58. The van der Waals surface area contributed by atoms with Gasteiger partial charge < -0.3 is 10.3 Å². The van der Waals surface area contributed by atoms with E-state index in [9.17, 15) is 0 Å². The summed E-state index contributed by atoms with van der Waals surface area (Å²) in [6.45, 7) is 0. The van der Waals surface area contributed by atoms with Crippen molar-refractivity contribution in [3.8, 4) is 0 Å². The van der Waals surface area contributed by atoms with Gasteiger partial charge in [-0.2, -0.15) is 0 Å². The third kappa shape index (κ3) is 1.09. The molecule has 12 heavy (non-hydrogen) atoms. The highest BCUT2D eigenvalue weighted by Crippen LogP contribution is 2.34. The van der Waals surface area contributed by atoms with Crippen LogP contribution in [0.25, 0.3) is 0 Å². The van der Waals surface area contributed by atoms with Gasteiger partial charge in [0.2, 0.25) is 0 Å². The molecule has 1 aliphatic rings. The van der Waals surface area contributed by atoms with Gasteiger partial charge in [0.1, 0.15) is 0 Å². The molecule has 1 aliphatic carbocycles. The van der Waals surface area contributed by atoms with E-state index in [0.29, 0.717) is 11.9 Å². The van der Waals surface area contributed by atoms with Gasteiger partial charge in [-0.15, -0.1) is 0 Å². The Bertz CT molecular complexity index is 271. The van der Waals surface area contributed by atoms with E-state index in [1.165, 1.54) is 31.4 Å². The lowest BCUT2D eigenvalue weighted by Crippen LogP contribution is -2.04. The number of hydrogen-bond acceptors (Lipinski definition) is 2. The molecule has 1 fully saturated rings. The number of rotatable bonds is 1. The van der Waals surface area contributed by atoms with Crippen molar-refractivity contribution in [2.45, 2.75) is 31.6 Å². The predicted molar refractivity (Wildman–Crippen MR) is 48.8 cm³/mol. The third-order valence-corrected chi connectivity index (χ3v) is 2.83. The van der Waals surface area contributed by atoms with Crippen molar-refractivity contribution >= 4 is 5.95 Å². The third-order valence-electron chi connectivity index (χ3n) is 2.83. The highest BCUT2D eigenvalue weighted by atomic mass is 15.1. The molecule has 3 heteroatoms. The highest BCUT2D eigenvalue weighted by molar-refractivity contribution is 5.24. The van der Waals surface area contributed by atoms with Gasteiger partial charge in [0.15, 0.2) is 5.95 Å². The lowest BCUT2D eigenvalue weighted by Gasteiger charge is -2.09. The molecular weight excluding hydrogens is 150 g/mol. The van der Waals surface area contributed by atoms with Crippen molar-refractivity contribution in [3.63, 3.8) is 0 Å². The van der Waals surface area contributed by atoms with Crippen molar-refractivity contribution in [1.82, 2.24) is 9.55 Å². The van der Waals surface area contributed by atoms with E-state index >= 15 is 0 Å². The van der Waals surface area contributed by atoms with Crippen LogP contribution in [0.15, 0.2) is 6.20 Å². The number of nitrogens with zero attached hydrogens (tertiary/aromatic N) is 2. The van der Waals surface area contributed by atoms with Gasteiger partial charge in [-0.3, -0.25) is 0 Å². The molecule has 2 N–H and O–H groups in total. The van der Waals surface area contributed by atoms with Gasteiger partial charge in [0.05, 0.1) is 6.20 Å². The zero-order valence-corrected chi connectivity index (χ0v) is 7.45. The van der Waals surface area contributed by atoms with Crippen LogP contribution in [-0.2, 0) is 7.05 Å². The molecule has 1 heterocycles. The van der Waals surface area contributed by atoms with Crippen LogP contribution in [0.1, 0.15) is 37.3 Å². The zero-order chi connectivity index (χ0) is 8.55. The summed E-state index contributed by atoms with van der Waals surface area (Å²) >= 11 is 0. The maximum atomic E-state index is 5.66. The van der Waals surface area contributed by atoms with E-state index in [4.69, 9.17) is 5.73 Å². The normalized spacial score (nSPS) is 18.8. The minimum Gasteiger partial charge on any atom is -0.369 e. The predicted octanol–water partition coefficient (Wildman–Crippen LogP) is 1.66. The molecule has 0 unspecified atom stereocenters. The van der Waals surface area contributed by atoms with Crippen LogP contribution in [0.4, 0.5) is 5.95 Å². The largest absolute Gasteiger partial charge is 0.369 e. The van der Waals surface area contributed by atoms with Gasteiger partial charge in [0.25, 0.3) is 0 Å². The van der Waals surface area contributed by atoms with Gasteiger partial charge in [-0.1, -0.05) is 12.8 Å². The van der Waals surface area contributed by atoms with Gasteiger partial charge >= 0.3 is 0 Å². The summed E-state index contributed by atoms with van der Waals surface area (Å²) in [5.41, 5.74) is 6.97. The Morgan fingerprint density at radius 2 is 2.17 bits per heavy atom. The molecule has 0 amide bonds. The molecule has 0 bridgehead atoms. The lowest BCUT2D eigenvalue weighted by atomic mass is 10.1. The van der Waals surface area contributed by atoms with Crippen LogP contribution in [0.3, 0.4) is 0 Å². The molecule has 2 rings (SSSR count). The van der Waals surface area contributed by atoms with Crippen molar-refractivity contribution in [1.29, 1.82) is 0 Å². The van der Waals surface area contributed by atoms with Crippen LogP contribution in [0.2, 0.25) is 0 Å². The van der Waals surface area contributed by atoms with Crippen molar-refractivity contribution < 1.29 is 0 Å². The van der Waals surface area contributed by atoms with Crippen LogP contribution >= 0.6 is 0 Å². The van der Waals surface area contributed by atoms with E-state index in [-0.39, 0.29) is 0 Å². The van der Waals surface area contributed by atoms with E-state index in [0.717, 1.165) is 0 Å². The molecule has 0 aromatic carbocycles. The maximum Gasteiger partial charge on any atom is 0.200 e. The summed E-state index contributed by atoms with van der Waals surface area (Å²) in [5.74, 6) is 1.34. The molecule has 0 saturated heterocycles. The van der Waals surface area contributed by atoms with Crippen molar-refractivity contribution in [2.24, 2.45) is 7.05 Å². The summed E-state index contributed by atoms with van der Waals surface area (Å²) in [6.07, 6.45) is 7.24. The molecule has 1 aromatic rings. The smallest absolute Gasteiger partial charge is 0.200 e. The number of anilines is 1. The molecule has 1 aromatic heterocycles. The summed E-state index contributed by atoms with van der Waals surface area (Å²) < 4.78 is 2.01. The standard InChI is InChI=1S/C9H15N3/c1-12-8(6-11-9(12)10)7-4-2-3-5-7/h6-7H,2-5H2,1H3,(H2,10,11). The Morgan fingerprint density at radius 3 is 2.67 bits per heavy atom. The first-order chi connectivity index (χ1) is 5.79. The minimum absolute atomic E-state index is 0.636. The Hall–Kier alpha value is -0.990. The molecular formula is C9H15N3. The average Bonchev–Trinajstić information content (AvgIpc) is 2.64. The fourth-order valence-electron chi connectivity index (χ4n) is 2.04. The van der Waals surface area contributed by atoms with Gasteiger partial charge in [-0.25, -0.2) is 4.98 Å². The number of nitrogen functional groups attached to an aromatic ring is 1.